The normalized spacial score (nSPS) is 11.2. The Morgan fingerprint density at radius 3 is 2.67 bits per heavy atom. The summed E-state index contributed by atoms with van der Waals surface area (Å²) in [5, 5.41) is 7.82. The summed E-state index contributed by atoms with van der Waals surface area (Å²) in [6.45, 7) is 5.03. The second-order valence-electron chi connectivity index (χ2n) is 4.88. The van der Waals surface area contributed by atoms with E-state index < -0.39 is 0 Å². The summed E-state index contributed by atoms with van der Waals surface area (Å²) in [4.78, 5) is 2.22. The fourth-order valence-electron chi connectivity index (χ4n) is 2.03. The summed E-state index contributed by atoms with van der Waals surface area (Å²) in [7, 11) is 7.82. The minimum Gasteiger partial charge on any atom is -0.481 e. The standard InChI is InChI=1S/C13H26N4O/c1-11-12(13(18-5)17(4)15-11)10-14-8-6-7-9-16(2)3/h14H,6-10H2,1-5H3. The van der Waals surface area contributed by atoms with Crippen molar-refractivity contribution in [2.75, 3.05) is 34.3 Å². The topological polar surface area (TPSA) is 42.3 Å². The Bertz CT molecular complexity index is 360. The first-order valence-electron chi connectivity index (χ1n) is 6.48. The molecule has 1 aromatic rings. The summed E-state index contributed by atoms with van der Waals surface area (Å²) >= 11 is 0. The van der Waals surface area contributed by atoms with Crippen LogP contribution in [0.25, 0.3) is 0 Å². The predicted octanol–water partition coefficient (Wildman–Crippen LogP) is 1.17. The van der Waals surface area contributed by atoms with Gasteiger partial charge in [-0.25, -0.2) is 4.68 Å². The molecule has 0 saturated heterocycles. The number of nitrogens with zero attached hydrogens (tertiary/aromatic N) is 3. The van der Waals surface area contributed by atoms with E-state index in [1.165, 1.54) is 12.8 Å². The van der Waals surface area contributed by atoms with Gasteiger partial charge in [0.1, 0.15) is 0 Å². The Labute approximate surface area is 110 Å². The molecule has 1 N–H and O–H groups in total. The lowest BCUT2D eigenvalue weighted by Gasteiger charge is -2.10. The van der Waals surface area contributed by atoms with Crippen molar-refractivity contribution in [3.8, 4) is 5.88 Å². The third-order valence-corrected chi connectivity index (χ3v) is 2.99. The van der Waals surface area contributed by atoms with Crippen molar-refractivity contribution in [2.24, 2.45) is 7.05 Å². The quantitative estimate of drug-likeness (QED) is 0.707. The van der Waals surface area contributed by atoms with Crippen LogP contribution in [0.1, 0.15) is 24.1 Å². The fraction of sp³-hybridized carbons (Fsp3) is 0.769. The van der Waals surface area contributed by atoms with Crippen LogP contribution >= 0.6 is 0 Å². The average Bonchev–Trinajstić information content (AvgIpc) is 2.57. The fourth-order valence-corrected chi connectivity index (χ4v) is 2.03. The lowest BCUT2D eigenvalue weighted by molar-refractivity contribution is 0.367. The summed E-state index contributed by atoms with van der Waals surface area (Å²) in [5.74, 6) is 0.855. The first kappa shape index (κ1) is 15.0. The van der Waals surface area contributed by atoms with E-state index in [-0.39, 0.29) is 0 Å². The van der Waals surface area contributed by atoms with Gasteiger partial charge in [-0.1, -0.05) is 0 Å². The van der Waals surface area contributed by atoms with Gasteiger partial charge in [-0.15, -0.1) is 0 Å². The van der Waals surface area contributed by atoms with E-state index in [2.05, 4.69) is 29.4 Å². The van der Waals surface area contributed by atoms with E-state index in [1.54, 1.807) is 11.8 Å². The van der Waals surface area contributed by atoms with Crippen molar-refractivity contribution >= 4 is 0 Å². The molecular weight excluding hydrogens is 228 g/mol. The van der Waals surface area contributed by atoms with Gasteiger partial charge in [0.2, 0.25) is 5.88 Å². The van der Waals surface area contributed by atoms with Gasteiger partial charge in [0.15, 0.2) is 0 Å². The molecule has 0 aliphatic heterocycles. The number of hydrogen-bond donors (Lipinski definition) is 1. The summed E-state index contributed by atoms with van der Waals surface area (Å²) in [6.07, 6.45) is 2.42. The van der Waals surface area contributed by atoms with Crippen molar-refractivity contribution in [2.45, 2.75) is 26.3 Å². The molecule has 0 aliphatic carbocycles. The summed E-state index contributed by atoms with van der Waals surface area (Å²) in [6, 6.07) is 0. The van der Waals surface area contributed by atoms with E-state index in [1.807, 2.05) is 14.0 Å². The Hall–Kier alpha value is -1.07. The number of hydrogen-bond acceptors (Lipinski definition) is 4. The molecule has 0 bridgehead atoms. The molecule has 0 unspecified atom stereocenters. The van der Waals surface area contributed by atoms with Crippen LogP contribution in [0.2, 0.25) is 0 Å². The molecule has 0 aliphatic rings. The molecule has 5 heteroatoms. The molecule has 1 aromatic heterocycles. The Morgan fingerprint density at radius 2 is 2.06 bits per heavy atom. The van der Waals surface area contributed by atoms with Gasteiger partial charge >= 0.3 is 0 Å². The first-order chi connectivity index (χ1) is 8.56. The van der Waals surface area contributed by atoms with E-state index in [0.29, 0.717) is 0 Å². The summed E-state index contributed by atoms with van der Waals surface area (Å²) in [5.41, 5.74) is 2.20. The summed E-state index contributed by atoms with van der Waals surface area (Å²) < 4.78 is 7.15. The van der Waals surface area contributed by atoms with Gasteiger partial charge in [0.25, 0.3) is 0 Å². The number of nitrogens with one attached hydrogen (secondary N) is 1. The van der Waals surface area contributed by atoms with Gasteiger partial charge in [0.05, 0.1) is 18.4 Å². The highest BCUT2D eigenvalue weighted by Crippen LogP contribution is 2.20. The van der Waals surface area contributed by atoms with E-state index in [0.717, 1.165) is 36.8 Å². The maximum atomic E-state index is 5.36. The highest BCUT2D eigenvalue weighted by Gasteiger charge is 2.12. The maximum Gasteiger partial charge on any atom is 0.216 e. The molecule has 1 rings (SSSR count). The molecule has 1 heterocycles. The predicted molar refractivity (Wildman–Crippen MR) is 74.0 cm³/mol. The lowest BCUT2D eigenvalue weighted by Crippen LogP contribution is -2.18. The highest BCUT2D eigenvalue weighted by atomic mass is 16.5. The Balaban J connectivity index is 2.31. The van der Waals surface area contributed by atoms with Crippen LogP contribution in [-0.4, -0.2) is 49.0 Å². The first-order valence-corrected chi connectivity index (χ1v) is 6.48. The van der Waals surface area contributed by atoms with Crippen LogP contribution in [-0.2, 0) is 13.6 Å². The SMILES string of the molecule is COc1c(CNCCCCN(C)C)c(C)nn1C. The van der Waals surface area contributed by atoms with Crippen molar-refractivity contribution in [3.05, 3.63) is 11.3 Å². The van der Waals surface area contributed by atoms with Gasteiger partial charge in [0, 0.05) is 13.6 Å². The van der Waals surface area contributed by atoms with Crippen molar-refractivity contribution in [1.82, 2.24) is 20.0 Å². The molecule has 0 spiro atoms. The van der Waals surface area contributed by atoms with Gasteiger partial charge < -0.3 is 15.0 Å². The smallest absolute Gasteiger partial charge is 0.216 e. The van der Waals surface area contributed by atoms with Crippen LogP contribution in [0, 0.1) is 6.92 Å². The minimum absolute atomic E-state index is 0.824. The third-order valence-electron chi connectivity index (χ3n) is 2.99. The Kier molecular flexibility index (Phi) is 6.15. The number of aromatic nitrogens is 2. The van der Waals surface area contributed by atoms with Crippen LogP contribution in [0.15, 0.2) is 0 Å². The number of ether oxygens (including phenoxy) is 1. The zero-order chi connectivity index (χ0) is 13.5. The van der Waals surface area contributed by atoms with Gasteiger partial charge in [-0.3, -0.25) is 0 Å². The van der Waals surface area contributed by atoms with Crippen LogP contribution in [0.3, 0.4) is 0 Å². The lowest BCUT2D eigenvalue weighted by atomic mass is 10.2. The van der Waals surface area contributed by atoms with Gasteiger partial charge in [-0.2, -0.15) is 5.10 Å². The largest absolute Gasteiger partial charge is 0.481 e. The second-order valence-corrected chi connectivity index (χ2v) is 4.88. The molecule has 0 saturated carbocycles. The molecule has 0 aromatic carbocycles. The maximum absolute atomic E-state index is 5.36. The van der Waals surface area contributed by atoms with Crippen LogP contribution < -0.4 is 10.1 Å². The molecule has 0 amide bonds. The van der Waals surface area contributed by atoms with Gasteiger partial charge in [-0.05, 0) is 47.0 Å². The molecule has 5 nitrogen and oxygen atoms in total. The zero-order valence-corrected chi connectivity index (χ0v) is 12.3. The van der Waals surface area contributed by atoms with Crippen molar-refractivity contribution < 1.29 is 4.74 Å². The monoisotopic (exact) mass is 254 g/mol. The van der Waals surface area contributed by atoms with E-state index in [9.17, 15) is 0 Å². The minimum atomic E-state index is 0.824. The third kappa shape index (κ3) is 4.31. The Morgan fingerprint density at radius 1 is 1.33 bits per heavy atom. The number of aryl methyl sites for hydroxylation is 2. The molecule has 18 heavy (non-hydrogen) atoms. The van der Waals surface area contributed by atoms with E-state index >= 15 is 0 Å². The molecule has 104 valence electrons. The average molecular weight is 254 g/mol. The van der Waals surface area contributed by atoms with E-state index in [4.69, 9.17) is 4.74 Å². The second kappa shape index (κ2) is 7.38. The molecule has 0 atom stereocenters. The molecule has 0 fully saturated rings. The number of rotatable bonds is 8. The van der Waals surface area contributed by atoms with Crippen molar-refractivity contribution in [3.63, 3.8) is 0 Å². The number of methoxy groups -OCH3 is 1. The zero-order valence-electron chi connectivity index (χ0n) is 12.3. The van der Waals surface area contributed by atoms with Crippen LogP contribution in [0.5, 0.6) is 5.88 Å². The highest BCUT2D eigenvalue weighted by molar-refractivity contribution is 5.30. The molecule has 0 radical (unpaired) electrons. The molecular formula is C13H26N4O. The number of unbranched alkanes of at least 4 members (excludes halogenated alkanes) is 1. The van der Waals surface area contributed by atoms with Crippen LogP contribution in [0.4, 0.5) is 0 Å². The van der Waals surface area contributed by atoms with Crippen molar-refractivity contribution in [1.29, 1.82) is 0 Å².